The Hall–Kier alpha value is -1.84. The zero-order chi connectivity index (χ0) is 15.2. The van der Waals surface area contributed by atoms with E-state index in [1.54, 1.807) is 18.2 Å². The number of halogens is 1. The molecule has 0 radical (unpaired) electrons. The molecular formula is C17H22FNO2. The Morgan fingerprint density at radius 2 is 2.14 bits per heavy atom. The highest BCUT2D eigenvalue weighted by Crippen LogP contribution is 2.23. The summed E-state index contributed by atoms with van der Waals surface area (Å²) in [5, 5.41) is 3.03. The predicted octanol–water partition coefficient (Wildman–Crippen LogP) is 3.54. The molecule has 1 fully saturated rings. The summed E-state index contributed by atoms with van der Waals surface area (Å²) in [5.74, 6) is 0.174. The van der Waals surface area contributed by atoms with Gasteiger partial charge in [0.15, 0.2) is 11.6 Å². The van der Waals surface area contributed by atoms with E-state index in [1.165, 1.54) is 38.5 Å². The van der Waals surface area contributed by atoms with Crippen molar-refractivity contribution in [2.45, 2.75) is 38.6 Å². The zero-order valence-corrected chi connectivity index (χ0v) is 12.6. The summed E-state index contributed by atoms with van der Waals surface area (Å²) in [5.41, 5.74) is 0.639. The fourth-order valence-electron chi connectivity index (χ4n) is 2.72. The lowest BCUT2D eigenvalue weighted by Gasteiger charge is -2.29. The lowest BCUT2D eigenvalue weighted by Crippen LogP contribution is -2.40. The Morgan fingerprint density at radius 1 is 1.38 bits per heavy atom. The van der Waals surface area contributed by atoms with Crippen LogP contribution in [0.1, 0.15) is 38.2 Å². The Labute approximate surface area is 125 Å². The van der Waals surface area contributed by atoms with E-state index >= 15 is 0 Å². The summed E-state index contributed by atoms with van der Waals surface area (Å²) in [6.45, 7) is 2.17. The highest BCUT2D eigenvalue weighted by atomic mass is 19.1. The van der Waals surface area contributed by atoms with Crippen LogP contribution in [-0.4, -0.2) is 19.1 Å². The van der Waals surface area contributed by atoms with E-state index in [0.29, 0.717) is 11.5 Å². The summed E-state index contributed by atoms with van der Waals surface area (Å²) in [6, 6.07) is 4.88. The first kappa shape index (κ1) is 15.5. The van der Waals surface area contributed by atoms with Crippen molar-refractivity contribution in [3.8, 4) is 5.75 Å². The minimum absolute atomic E-state index is 0.120. The average Bonchev–Trinajstić information content (AvgIpc) is 2.48. The molecule has 0 spiro atoms. The number of methoxy groups -OCH3 is 1. The summed E-state index contributed by atoms with van der Waals surface area (Å²) >= 11 is 0. The molecule has 0 unspecified atom stereocenters. The molecule has 1 aliphatic carbocycles. The van der Waals surface area contributed by atoms with Gasteiger partial charge < -0.3 is 10.1 Å². The van der Waals surface area contributed by atoms with E-state index in [0.717, 1.165) is 6.42 Å². The largest absolute Gasteiger partial charge is 0.494 e. The summed E-state index contributed by atoms with van der Waals surface area (Å²) in [6.07, 6.45) is 7.70. The van der Waals surface area contributed by atoms with Gasteiger partial charge in [-0.25, -0.2) is 4.39 Å². The smallest absolute Gasteiger partial charge is 0.244 e. The number of amides is 1. The van der Waals surface area contributed by atoms with E-state index in [1.807, 2.05) is 0 Å². The van der Waals surface area contributed by atoms with Gasteiger partial charge in [-0.15, -0.1) is 0 Å². The second-order valence-electron chi connectivity index (χ2n) is 5.60. The monoisotopic (exact) mass is 291 g/mol. The third-order valence-corrected chi connectivity index (χ3v) is 4.04. The molecule has 2 rings (SSSR count). The SMILES string of the molecule is COc1ccc(/C=C/C(=O)N[C@H]2CCCC[C@H]2C)cc1F. The van der Waals surface area contributed by atoms with Gasteiger partial charge in [-0.3, -0.25) is 4.79 Å². The minimum Gasteiger partial charge on any atom is -0.494 e. The normalized spacial score (nSPS) is 22.2. The third-order valence-electron chi connectivity index (χ3n) is 4.04. The molecule has 3 nitrogen and oxygen atoms in total. The lowest BCUT2D eigenvalue weighted by atomic mass is 9.86. The molecule has 0 aromatic heterocycles. The van der Waals surface area contributed by atoms with Crippen molar-refractivity contribution in [1.29, 1.82) is 0 Å². The van der Waals surface area contributed by atoms with E-state index in [4.69, 9.17) is 4.74 Å². The number of benzene rings is 1. The number of nitrogens with one attached hydrogen (secondary N) is 1. The van der Waals surface area contributed by atoms with Gasteiger partial charge in [0, 0.05) is 12.1 Å². The lowest BCUT2D eigenvalue weighted by molar-refractivity contribution is -0.117. The number of hydrogen-bond donors (Lipinski definition) is 1. The first-order valence-corrected chi connectivity index (χ1v) is 7.42. The van der Waals surface area contributed by atoms with Crippen molar-refractivity contribution < 1.29 is 13.9 Å². The van der Waals surface area contributed by atoms with Crippen molar-refractivity contribution in [2.75, 3.05) is 7.11 Å². The Bertz CT molecular complexity index is 528. The topological polar surface area (TPSA) is 38.3 Å². The predicted molar refractivity (Wildman–Crippen MR) is 81.5 cm³/mol. The number of hydrogen-bond acceptors (Lipinski definition) is 2. The second-order valence-corrected chi connectivity index (χ2v) is 5.60. The standard InChI is InChI=1S/C17H22FNO2/c1-12-5-3-4-6-15(12)19-17(20)10-8-13-7-9-16(21-2)14(18)11-13/h7-12,15H,3-6H2,1-2H3,(H,19,20)/b10-8+/t12-,15+/m1/s1. The van der Waals surface area contributed by atoms with Gasteiger partial charge in [0.05, 0.1) is 7.11 Å². The van der Waals surface area contributed by atoms with Crippen molar-refractivity contribution in [2.24, 2.45) is 5.92 Å². The van der Waals surface area contributed by atoms with Gasteiger partial charge in [0.25, 0.3) is 0 Å². The van der Waals surface area contributed by atoms with Crippen LogP contribution in [0.5, 0.6) is 5.75 Å². The molecule has 1 aliphatic rings. The maximum Gasteiger partial charge on any atom is 0.244 e. The molecule has 0 heterocycles. The highest BCUT2D eigenvalue weighted by Gasteiger charge is 2.21. The molecule has 1 N–H and O–H groups in total. The average molecular weight is 291 g/mol. The van der Waals surface area contributed by atoms with Crippen LogP contribution >= 0.6 is 0 Å². The minimum atomic E-state index is -0.430. The molecule has 0 bridgehead atoms. The van der Waals surface area contributed by atoms with Crippen molar-refractivity contribution in [3.05, 3.63) is 35.7 Å². The zero-order valence-electron chi connectivity index (χ0n) is 12.6. The number of ether oxygens (including phenoxy) is 1. The van der Waals surface area contributed by atoms with Crippen LogP contribution in [0.4, 0.5) is 4.39 Å². The third kappa shape index (κ3) is 4.31. The first-order chi connectivity index (χ1) is 10.1. The van der Waals surface area contributed by atoms with E-state index < -0.39 is 5.82 Å². The molecule has 21 heavy (non-hydrogen) atoms. The molecule has 0 aliphatic heterocycles. The van der Waals surface area contributed by atoms with Gasteiger partial charge in [0.2, 0.25) is 5.91 Å². The number of rotatable bonds is 4. The maximum absolute atomic E-state index is 13.5. The van der Waals surface area contributed by atoms with Crippen LogP contribution in [0.15, 0.2) is 24.3 Å². The van der Waals surface area contributed by atoms with E-state index in [9.17, 15) is 9.18 Å². The van der Waals surface area contributed by atoms with Crippen LogP contribution in [-0.2, 0) is 4.79 Å². The fraction of sp³-hybridized carbons (Fsp3) is 0.471. The maximum atomic E-state index is 13.5. The van der Waals surface area contributed by atoms with Crippen LogP contribution in [0, 0.1) is 11.7 Å². The molecular weight excluding hydrogens is 269 g/mol. The van der Waals surface area contributed by atoms with Gasteiger partial charge in [-0.05, 0) is 42.5 Å². The van der Waals surface area contributed by atoms with Gasteiger partial charge in [0.1, 0.15) is 0 Å². The molecule has 2 atom stereocenters. The molecule has 1 aromatic rings. The van der Waals surface area contributed by atoms with Crippen LogP contribution in [0.2, 0.25) is 0 Å². The summed E-state index contributed by atoms with van der Waals surface area (Å²) in [7, 11) is 1.42. The van der Waals surface area contributed by atoms with Crippen molar-refractivity contribution in [3.63, 3.8) is 0 Å². The van der Waals surface area contributed by atoms with Crippen molar-refractivity contribution in [1.82, 2.24) is 5.32 Å². The second kappa shape index (κ2) is 7.25. The molecule has 1 aromatic carbocycles. The molecule has 114 valence electrons. The van der Waals surface area contributed by atoms with Gasteiger partial charge >= 0.3 is 0 Å². The number of carbonyl (C=O) groups excluding carboxylic acids is 1. The molecule has 1 amide bonds. The highest BCUT2D eigenvalue weighted by molar-refractivity contribution is 5.91. The Balaban J connectivity index is 1.94. The van der Waals surface area contributed by atoms with Gasteiger partial charge in [-0.1, -0.05) is 25.8 Å². The number of carbonyl (C=O) groups is 1. The molecule has 1 saturated carbocycles. The van der Waals surface area contributed by atoms with E-state index in [2.05, 4.69) is 12.2 Å². The Morgan fingerprint density at radius 3 is 2.81 bits per heavy atom. The molecule has 0 saturated heterocycles. The van der Waals surface area contributed by atoms with Crippen LogP contribution in [0.25, 0.3) is 6.08 Å². The van der Waals surface area contributed by atoms with E-state index in [-0.39, 0.29) is 17.7 Å². The van der Waals surface area contributed by atoms with Gasteiger partial charge in [-0.2, -0.15) is 0 Å². The quantitative estimate of drug-likeness (QED) is 0.862. The van der Waals surface area contributed by atoms with Crippen molar-refractivity contribution >= 4 is 12.0 Å². The summed E-state index contributed by atoms with van der Waals surface area (Å²) < 4.78 is 18.4. The van der Waals surface area contributed by atoms with Crippen LogP contribution in [0.3, 0.4) is 0 Å². The fourth-order valence-corrected chi connectivity index (χ4v) is 2.72. The Kier molecular flexibility index (Phi) is 5.37. The molecule has 4 heteroatoms. The summed E-state index contributed by atoms with van der Waals surface area (Å²) in [4.78, 5) is 11.9. The first-order valence-electron chi connectivity index (χ1n) is 7.42. The van der Waals surface area contributed by atoms with Crippen LogP contribution < -0.4 is 10.1 Å².